The standard InChI is InChI=1S/C12H23N5/c1-4-5-17-11(14-9-15-17)6-16-7-12(13,8-16)10(2)3/h9-10H,4-8,13H2,1-3H3. The van der Waals surface area contributed by atoms with Crippen LogP contribution >= 0.6 is 0 Å². The van der Waals surface area contributed by atoms with E-state index in [0.717, 1.165) is 38.4 Å². The first kappa shape index (κ1) is 12.5. The van der Waals surface area contributed by atoms with E-state index in [2.05, 4.69) is 35.8 Å². The molecule has 5 nitrogen and oxygen atoms in total. The quantitative estimate of drug-likeness (QED) is 0.825. The lowest BCUT2D eigenvalue weighted by Gasteiger charge is -2.50. The number of rotatable bonds is 5. The van der Waals surface area contributed by atoms with E-state index in [4.69, 9.17) is 5.73 Å². The minimum Gasteiger partial charge on any atom is -0.323 e. The first-order valence-electron chi connectivity index (χ1n) is 6.43. The van der Waals surface area contributed by atoms with Crippen molar-refractivity contribution < 1.29 is 0 Å². The Kier molecular flexibility index (Phi) is 3.49. The predicted octanol–water partition coefficient (Wildman–Crippen LogP) is 0.857. The number of hydrogen-bond acceptors (Lipinski definition) is 4. The molecule has 1 aliphatic rings. The van der Waals surface area contributed by atoms with Gasteiger partial charge < -0.3 is 5.73 Å². The van der Waals surface area contributed by atoms with Crippen LogP contribution in [0.1, 0.15) is 33.0 Å². The summed E-state index contributed by atoms with van der Waals surface area (Å²) in [7, 11) is 0. The molecule has 0 atom stereocenters. The van der Waals surface area contributed by atoms with Crippen molar-refractivity contribution in [2.24, 2.45) is 11.7 Å². The first-order valence-corrected chi connectivity index (χ1v) is 6.43. The van der Waals surface area contributed by atoms with E-state index < -0.39 is 0 Å². The van der Waals surface area contributed by atoms with Crippen LogP contribution < -0.4 is 5.73 Å². The third-order valence-corrected chi connectivity index (χ3v) is 3.68. The highest BCUT2D eigenvalue weighted by Crippen LogP contribution is 2.26. The Labute approximate surface area is 103 Å². The van der Waals surface area contributed by atoms with Crippen LogP contribution in [-0.2, 0) is 13.1 Å². The lowest BCUT2D eigenvalue weighted by atomic mass is 9.80. The molecule has 1 aromatic rings. The summed E-state index contributed by atoms with van der Waals surface area (Å²) >= 11 is 0. The fraction of sp³-hybridized carbons (Fsp3) is 0.833. The van der Waals surface area contributed by atoms with E-state index in [9.17, 15) is 0 Å². The average molecular weight is 237 g/mol. The fourth-order valence-corrected chi connectivity index (χ4v) is 2.27. The fourth-order valence-electron chi connectivity index (χ4n) is 2.27. The van der Waals surface area contributed by atoms with Gasteiger partial charge in [0, 0.05) is 25.2 Å². The van der Waals surface area contributed by atoms with Gasteiger partial charge in [0.15, 0.2) is 0 Å². The van der Waals surface area contributed by atoms with Crippen LogP contribution in [0.2, 0.25) is 0 Å². The number of aryl methyl sites for hydroxylation is 1. The molecule has 17 heavy (non-hydrogen) atoms. The first-order chi connectivity index (χ1) is 8.05. The summed E-state index contributed by atoms with van der Waals surface area (Å²) in [5, 5.41) is 4.24. The molecule has 0 aromatic carbocycles. The van der Waals surface area contributed by atoms with Gasteiger partial charge in [-0.1, -0.05) is 20.8 Å². The summed E-state index contributed by atoms with van der Waals surface area (Å²) in [6.45, 7) is 10.3. The molecule has 2 rings (SSSR count). The lowest BCUT2D eigenvalue weighted by Crippen LogP contribution is -2.69. The van der Waals surface area contributed by atoms with Gasteiger partial charge in [0.2, 0.25) is 0 Å². The molecule has 96 valence electrons. The molecule has 0 bridgehead atoms. The van der Waals surface area contributed by atoms with Crippen molar-refractivity contribution in [2.75, 3.05) is 13.1 Å². The van der Waals surface area contributed by atoms with E-state index in [1.807, 2.05) is 4.68 Å². The summed E-state index contributed by atoms with van der Waals surface area (Å²) in [6.07, 6.45) is 2.73. The second-order valence-corrected chi connectivity index (χ2v) is 5.43. The van der Waals surface area contributed by atoms with Crippen molar-refractivity contribution in [1.29, 1.82) is 0 Å². The van der Waals surface area contributed by atoms with Gasteiger partial charge in [-0.3, -0.25) is 4.90 Å². The molecule has 2 N–H and O–H groups in total. The normalized spacial score (nSPS) is 19.6. The smallest absolute Gasteiger partial charge is 0.141 e. The largest absolute Gasteiger partial charge is 0.323 e. The van der Waals surface area contributed by atoms with E-state index >= 15 is 0 Å². The maximum absolute atomic E-state index is 6.28. The number of nitrogens with two attached hydrogens (primary N) is 1. The van der Waals surface area contributed by atoms with Crippen molar-refractivity contribution in [3.8, 4) is 0 Å². The van der Waals surface area contributed by atoms with E-state index in [1.165, 1.54) is 0 Å². The molecule has 1 aliphatic heterocycles. The zero-order valence-corrected chi connectivity index (χ0v) is 11.1. The molecule has 0 amide bonds. The summed E-state index contributed by atoms with van der Waals surface area (Å²) in [6, 6.07) is 0. The molecule has 5 heteroatoms. The van der Waals surface area contributed by atoms with Gasteiger partial charge in [0.05, 0.1) is 6.54 Å². The maximum atomic E-state index is 6.28. The summed E-state index contributed by atoms with van der Waals surface area (Å²) < 4.78 is 1.99. The molecule has 0 unspecified atom stereocenters. The second-order valence-electron chi connectivity index (χ2n) is 5.43. The van der Waals surface area contributed by atoms with Crippen LogP contribution in [0.4, 0.5) is 0 Å². The lowest BCUT2D eigenvalue weighted by molar-refractivity contribution is 0.0283. The predicted molar refractivity (Wildman–Crippen MR) is 67.3 cm³/mol. The topological polar surface area (TPSA) is 60.0 Å². The van der Waals surface area contributed by atoms with E-state index in [0.29, 0.717) is 5.92 Å². The summed E-state index contributed by atoms with van der Waals surface area (Å²) in [4.78, 5) is 6.66. The van der Waals surface area contributed by atoms with Gasteiger partial charge >= 0.3 is 0 Å². The highest BCUT2D eigenvalue weighted by molar-refractivity contribution is 5.03. The zero-order valence-electron chi connectivity index (χ0n) is 11.1. The SMILES string of the molecule is CCCn1ncnc1CN1CC(N)(C(C)C)C1. The highest BCUT2D eigenvalue weighted by atomic mass is 15.4. The molecule has 0 aliphatic carbocycles. The molecule has 0 spiro atoms. The van der Waals surface area contributed by atoms with Gasteiger partial charge in [-0.25, -0.2) is 9.67 Å². The van der Waals surface area contributed by atoms with Gasteiger partial charge in [-0.2, -0.15) is 5.10 Å². The van der Waals surface area contributed by atoms with Crippen molar-refractivity contribution in [1.82, 2.24) is 19.7 Å². The number of likely N-dealkylation sites (tertiary alicyclic amines) is 1. The molecule has 1 aromatic heterocycles. The molecule has 1 fully saturated rings. The molecular weight excluding hydrogens is 214 g/mol. The van der Waals surface area contributed by atoms with Gasteiger partial charge in [0.1, 0.15) is 12.2 Å². The van der Waals surface area contributed by atoms with Crippen LogP contribution in [0.25, 0.3) is 0 Å². The van der Waals surface area contributed by atoms with Gasteiger partial charge in [0.25, 0.3) is 0 Å². The Morgan fingerprint density at radius 2 is 2.18 bits per heavy atom. The number of hydrogen-bond donors (Lipinski definition) is 1. The van der Waals surface area contributed by atoms with Crippen molar-refractivity contribution in [3.05, 3.63) is 12.2 Å². The minimum atomic E-state index is -0.00436. The minimum absolute atomic E-state index is 0.00436. The van der Waals surface area contributed by atoms with Crippen molar-refractivity contribution in [2.45, 2.75) is 45.8 Å². The van der Waals surface area contributed by atoms with Crippen molar-refractivity contribution >= 4 is 0 Å². The number of nitrogens with zero attached hydrogens (tertiary/aromatic N) is 4. The molecular formula is C12H23N5. The van der Waals surface area contributed by atoms with Gasteiger partial charge in [-0.05, 0) is 12.3 Å². The Balaban J connectivity index is 1.89. The summed E-state index contributed by atoms with van der Waals surface area (Å²) in [5.41, 5.74) is 6.27. The zero-order chi connectivity index (χ0) is 12.5. The highest BCUT2D eigenvalue weighted by Gasteiger charge is 2.41. The van der Waals surface area contributed by atoms with Crippen LogP contribution in [0.5, 0.6) is 0 Å². The summed E-state index contributed by atoms with van der Waals surface area (Å²) in [5.74, 6) is 1.59. The molecule has 0 radical (unpaired) electrons. The van der Waals surface area contributed by atoms with Crippen molar-refractivity contribution in [3.63, 3.8) is 0 Å². The molecule has 1 saturated heterocycles. The third-order valence-electron chi connectivity index (χ3n) is 3.68. The Hall–Kier alpha value is -0.940. The van der Waals surface area contributed by atoms with Gasteiger partial charge in [-0.15, -0.1) is 0 Å². The number of aromatic nitrogens is 3. The van der Waals surface area contributed by atoms with Crippen LogP contribution in [-0.4, -0.2) is 38.3 Å². The monoisotopic (exact) mass is 237 g/mol. The Morgan fingerprint density at radius 1 is 1.47 bits per heavy atom. The Morgan fingerprint density at radius 3 is 2.76 bits per heavy atom. The molecule has 0 saturated carbocycles. The van der Waals surface area contributed by atoms with Crippen LogP contribution in [0.3, 0.4) is 0 Å². The maximum Gasteiger partial charge on any atom is 0.141 e. The van der Waals surface area contributed by atoms with E-state index in [1.54, 1.807) is 6.33 Å². The van der Waals surface area contributed by atoms with Crippen LogP contribution in [0, 0.1) is 5.92 Å². The average Bonchev–Trinajstić information content (AvgIpc) is 2.63. The van der Waals surface area contributed by atoms with E-state index in [-0.39, 0.29) is 5.54 Å². The molecule has 2 heterocycles. The second kappa shape index (κ2) is 4.74. The Bertz CT molecular complexity index is 365. The van der Waals surface area contributed by atoms with Crippen LogP contribution in [0.15, 0.2) is 6.33 Å². The third kappa shape index (κ3) is 2.50.